The van der Waals surface area contributed by atoms with Crippen molar-refractivity contribution in [2.45, 2.75) is 35.6 Å². The number of hydrogen-bond acceptors (Lipinski definition) is 7. The summed E-state index contributed by atoms with van der Waals surface area (Å²) in [6, 6.07) is 8.14. The molecule has 2 aromatic heterocycles. The molecule has 2 heterocycles. The van der Waals surface area contributed by atoms with Crippen LogP contribution in [0.15, 0.2) is 33.8 Å². The minimum Gasteiger partial charge on any atom is -0.356 e. The Balaban J connectivity index is 1.65. The molecule has 0 aliphatic carbocycles. The van der Waals surface area contributed by atoms with Crippen molar-refractivity contribution >= 4 is 51.0 Å². The second-order valence-electron chi connectivity index (χ2n) is 5.12. The number of para-hydroxylation sites is 1. The number of carbonyl (C=O) groups is 1. The molecule has 0 unspecified atom stereocenters. The van der Waals surface area contributed by atoms with Crippen LogP contribution in [0.1, 0.15) is 19.7 Å². The van der Waals surface area contributed by atoms with E-state index in [1.807, 2.05) is 25.1 Å². The van der Waals surface area contributed by atoms with Crippen LogP contribution in [-0.2, 0) is 17.1 Å². The molecule has 1 N–H and O–H groups in total. The molecule has 0 fully saturated rings. The number of benzene rings is 1. The smallest absolute Gasteiger partial charge is 0.230 e. The molecule has 0 saturated carbocycles. The van der Waals surface area contributed by atoms with E-state index in [0.29, 0.717) is 18.1 Å². The Labute approximate surface area is 158 Å². The molecule has 0 aliphatic rings. The molecule has 0 saturated heterocycles. The molecule has 1 aromatic carbocycles. The Morgan fingerprint density at radius 3 is 2.84 bits per heavy atom. The molecule has 0 bridgehead atoms. The fourth-order valence-electron chi connectivity index (χ4n) is 2.27. The molecule has 6 nitrogen and oxygen atoms in total. The lowest BCUT2D eigenvalue weighted by molar-refractivity contribution is -0.118. The van der Waals surface area contributed by atoms with Crippen LogP contribution >= 0.6 is 34.9 Å². The van der Waals surface area contributed by atoms with Gasteiger partial charge in [0.15, 0.2) is 9.50 Å². The Hall–Kier alpha value is -1.58. The first-order valence-corrected chi connectivity index (χ1v) is 10.8. The first-order valence-electron chi connectivity index (χ1n) is 8.01. The van der Waals surface area contributed by atoms with Crippen molar-refractivity contribution in [2.75, 3.05) is 12.3 Å². The maximum absolute atomic E-state index is 11.6. The van der Waals surface area contributed by atoms with Gasteiger partial charge in [0, 0.05) is 13.1 Å². The Bertz CT molecular complexity index is 827. The average Bonchev–Trinajstić information content (AvgIpc) is 3.21. The summed E-state index contributed by atoms with van der Waals surface area (Å²) in [6.45, 7) is 5.39. The Morgan fingerprint density at radius 1 is 1.24 bits per heavy atom. The molecule has 0 aliphatic heterocycles. The molecule has 0 atom stereocenters. The van der Waals surface area contributed by atoms with E-state index in [1.165, 1.54) is 16.5 Å². The van der Waals surface area contributed by atoms with Crippen molar-refractivity contribution < 1.29 is 4.79 Å². The lowest BCUT2D eigenvalue weighted by Crippen LogP contribution is -2.24. The highest BCUT2D eigenvalue weighted by Gasteiger charge is 2.14. The highest BCUT2D eigenvalue weighted by molar-refractivity contribution is 8.00. The molecule has 9 heteroatoms. The maximum atomic E-state index is 11.6. The summed E-state index contributed by atoms with van der Waals surface area (Å²) in [4.78, 5) is 16.3. The van der Waals surface area contributed by atoms with Gasteiger partial charge in [-0.1, -0.05) is 35.7 Å². The molecule has 3 rings (SSSR count). The number of hydrogen-bond donors (Lipinski definition) is 1. The third kappa shape index (κ3) is 4.53. The third-order valence-corrected chi connectivity index (χ3v) is 6.56. The number of aromatic nitrogens is 4. The van der Waals surface area contributed by atoms with E-state index in [1.54, 1.807) is 23.1 Å². The number of thioether (sulfide) groups is 2. The summed E-state index contributed by atoms with van der Waals surface area (Å²) >= 11 is 4.78. The minimum atomic E-state index is 0.0172. The fourth-order valence-corrected chi connectivity index (χ4v) is 5.13. The predicted octanol–water partition coefficient (Wildman–Crippen LogP) is 3.43. The second-order valence-corrected chi connectivity index (χ2v) is 8.32. The van der Waals surface area contributed by atoms with E-state index < -0.39 is 0 Å². The van der Waals surface area contributed by atoms with E-state index in [-0.39, 0.29) is 5.91 Å². The van der Waals surface area contributed by atoms with Crippen LogP contribution < -0.4 is 5.32 Å². The zero-order valence-corrected chi connectivity index (χ0v) is 16.5. The zero-order valence-electron chi connectivity index (χ0n) is 14.1. The number of rotatable bonds is 8. The third-order valence-electron chi connectivity index (χ3n) is 3.41. The summed E-state index contributed by atoms with van der Waals surface area (Å²) in [5, 5.41) is 12.1. The van der Waals surface area contributed by atoms with Crippen molar-refractivity contribution in [2.24, 2.45) is 0 Å². The van der Waals surface area contributed by atoms with Crippen LogP contribution in [0.4, 0.5) is 0 Å². The van der Waals surface area contributed by atoms with Crippen LogP contribution in [0.25, 0.3) is 10.2 Å². The normalized spacial score (nSPS) is 11.1. The van der Waals surface area contributed by atoms with Gasteiger partial charge in [0.05, 0.1) is 21.7 Å². The molecule has 0 spiro atoms. The van der Waals surface area contributed by atoms with Gasteiger partial charge in [-0.2, -0.15) is 0 Å². The van der Waals surface area contributed by atoms with E-state index in [4.69, 9.17) is 0 Å². The quantitative estimate of drug-likeness (QED) is 0.591. The summed E-state index contributed by atoms with van der Waals surface area (Å²) in [7, 11) is 0. The first-order chi connectivity index (χ1) is 12.2. The molecule has 132 valence electrons. The van der Waals surface area contributed by atoms with Crippen molar-refractivity contribution in [1.29, 1.82) is 0 Å². The van der Waals surface area contributed by atoms with Gasteiger partial charge in [-0.15, -0.1) is 21.5 Å². The zero-order chi connectivity index (χ0) is 17.6. The highest BCUT2D eigenvalue weighted by Crippen LogP contribution is 2.31. The molecule has 25 heavy (non-hydrogen) atoms. The van der Waals surface area contributed by atoms with Gasteiger partial charge < -0.3 is 9.88 Å². The first kappa shape index (κ1) is 18.2. The van der Waals surface area contributed by atoms with Gasteiger partial charge in [0.25, 0.3) is 0 Å². The van der Waals surface area contributed by atoms with Gasteiger partial charge in [0.1, 0.15) is 5.82 Å². The van der Waals surface area contributed by atoms with Crippen molar-refractivity contribution in [1.82, 2.24) is 25.1 Å². The van der Waals surface area contributed by atoms with Crippen LogP contribution in [0, 0.1) is 0 Å². The fraction of sp³-hybridized carbons (Fsp3) is 0.375. The van der Waals surface area contributed by atoms with Crippen molar-refractivity contribution in [3.8, 4) is 0 Å². The van der Waals surface area contributed by atoms with Crippen LogP contribution in [0.3, 0.4) is 0 Å². The summed E-state index contributed by atoms with van der Waals surface area (Å²) < 4.78 is 4.29. The lowest BCUT2D eigenvalue weighted by Gasteiger charge is -2.06. The Kier molecular flexibility index (Phi) is 6.33. The number of fused-ring (bicyclic) bond motifs is 1. The summed E-state index contributed by atoms with van der Waals surface area (Å²) in [6.07, 6.45) is 0. The maximum Gasteiger partial charge on any atom is 0.230 e. The molecule has 0 radical (unpaired) electrons. The van der Waals surface area contributed by atoms with Crippen molar-refractivity contribution in [3.63, 3.8) is 0 Å². The molecule has 1 amide bonds. The van der Waals surface area contributed by atoms with Crippen LogP contribution in [-0.4, -0.2) is 38.0 Å². The SMILES string of the molecule is CCNC(=O)CSc1nnc(CSc2nc3ccccc3s2)n1CC. The van der Waals surface area contributed by atoms with E-state index in [0.717, 1.165) is 27.4 Å². The van der Waals surface area contributed by atoms with E-state index in [9.17, 15) is 4.79 Å². The monoisotopic (exact) mass is 393 g/mol. The minimum absolute atomic E-state index is 0.0172. The van der Waals surface area contributed by atoms with E-state index >= 15 is 0 Å². The lowest BCUT2D eigenvalue weighted by atomic mass is 10.3. The number of amides is 1. The standard InChI is InChI=1S/C16H19N5OS3/c1-3-17-14(22)10-23-15-20-19-13(21(15)4-2)9-24-16-18-11-7-5-6-8-12(11)25-16/h5-8H,3-4,9-10H2,1-2H3,(H,17,22). The largest absolute Gasteiger partial charge is 0.356 e. The molecular weight excluding hydrogens is 374 g/mol. The van der Waals surface area contributed by atoms with Crippen LogP contribution in [0.2, 0.25) is 0 Å². The number of nitrogens with one attached hydrogen (secondary N) is 1. The predicted molar refractivity (Wildman–Crippen MR) is 104 cm³/mol. The Morgan fingerprint density at radius 2 is 2.08 bits per heavy atom. The number of thiazole rings is 1. The number of carbonyl (C=O) groups excluding carboxylic acids is 1. The molecular formula is C16H19N5OS3. The second kappa shape index (κ2) is 8.68. The van der Waals surface area contributed by atoms with Gasteiger partial charge in [-0.25, -0.2) is 4.98 Å². The summed E-state index contributed by atoms with van der Waals surface area (Å²) in [5.74, 6) is 1.99. The van der Waals surface area contributed by atoms with E-state index in [2.05, 4.69) is 38.1 Å². The van der Waals surface area contributed by atoms with Gasteiger partial charge in [-0.05, 0) is 26.0 Å². The summed E-state index contributed by atoms with van der Waals surface area (Å²) in [5.41, 5.74) is 1.03. The number of nitrogens with zero attached hydrogens (tertiary/aromatic N) is 4. The van der Waals surface area contributed by atoms with Crippen LogP contribution in [0.5, 0.6) is 0 Å². The topological polar surface area (TPSA) is 72.7 Å². The van der Waals surface area contributed by atoms with Crippen molar-refractivity contribution in [3.05, 3.63) is 30.1 Å². The average molecular weight is 394 g/mol. The van der Waals surface area contributed by atoms with Gasteiger partial charge in [0.2, 0.25) is 5.91 Å². The highest BCUT2D eigenvalue weighted by atomic mass is 32.2. The van der Waals surface area contributed by atoms with Gasteiger partial charge in [-0.3, -0.25) is 4.79 Å². The van der Waals surface area contributed by atoms with Gasteiger partial charge >= 0.3 is 0 Å². The molecule has 3 aromatic rings.